The number of hydrogen-bond donors (Lipinski definition) is 1. The van der Waals surface area contributed by atoms with E-state index in [4.69, 9.17) is 16.3 Å². The molecule has 1 aliphatic rings. The summed E-state index contributed by atoms with van der Waals surface area (Å²) in [5.74, 6) is -0.300. The van der Waals surface area contributed by atoms with Gasteiger partial charge in [-0.1, -0.05) is 54.1 Å². The Labute approximate surface area is 170 Å². The predicted molar refractivity (Wildman–Crippen MR) is 109 cm³/mol. The molecule has 0 spiro atoms. The van der Waals surface area contributed by atoms with E-state index in [1.54, 1.807) is 24.3 Å². The molecule has 1 aliphatic heterocycles. The summed E-state index contributed by atoms with van der Waals surface area (Å²) in [7, 11) is 0. The monoisotopic (exact) mass is 400 g/mol. The van der Waals surface area contributed by atoms with Gasteiger partial charge >= 0.3 is 0 Å². The van der Waals surface area contributed by atoms with Crippen molar-refractivity contribution >= 4 is 23.4 Å². The highest BCUT2D eigenvalue weighted by atomic mass is 35.5. The van der Waals surface area contributed by atoms with Crippen LogP contribution < -0.4 is 5.32 Å². The average Bonchev–Trinajstić information content (AvgIpc) is 2.67. The lowest BCUT2D eigenvalue weighted by Gasteiger charge is -2.36. The van der Waals surface area contributed by atoms with E-state index in [2.05, 4.69) is 5.32 Å². The molecular weight excluding hydrogens is 376 g/mol. The van der Waals surface area contributed by atoms with Gasteiger partial charge in [-0.05, 0) is 31.5 Å². The molecule has 2 aromatic rings. The Morgan fingerprint density at radius 2 is 1.68 bits per heavy atom. The van der Waals surface area contributed by atoms with Gasteiger partial charge in [-0.25, -0.2) is 0 Å². The Balaban J connectivity index is 1.77. The van der Waals surface area contributed by atoms with Crippen LogP contribution in [0.5, 0.6) is 0 Å². The van der Waals surface area contributed by atoms with Crippen LogP contribution in [-0.4, -0.2) is 42.0 Å². The first-order valence-corrected chi connectivity index (χ1v) is 9.85. The third-order valence-electron chi connectivity index (χ3n) is 4.78. The summed E-state index contributed by atoms with van der Waals surface area (Å²) < 4.78 is 5.71. The second-order valence-corrected chi connectivity index (χ2v) is 7.58. The van der Waals surface area contributed by atoms with E-state index >= 15 is 0 Å². The van der Waals surface area contributed by atoms with Crippen molar-refractivity contribution in [3.63, 3.8) is 0 Å². The molecule has 0 bridgehead atoms. The molecular formula is C22H25ClN2O3. The molecule has 0 radical (unpaired) electrons. The van der Waals surface area contributed by atoms with Crippen molar-refractivity contribution in [2.24, 2.45) is 0 Å². The van der Waals surface area contributed by atoms with Gasteiger partial charge in [0.15, 0.2) is 0 Å². The Hall–Kier alpha value is -2.37. The normalized spacial score (nSPS) is 20.5. The lowest BCUT2D eigenvalue weighted by Crippen LogP contribution is -2.49. The molecule has 0 unspecified atom stereocenters. The molecule has 2 aromatic carbocycles. The van der Waals surface area contributed by atoms with Gasteiger partial charge < -0.3 is 15.0 Å². The van der Waals surface area contributed by atoms with Crippen LogP contribution in [0.1, 0.15) is 42.2 Å². The summed E-state index contributed by atoms with van der Waals surface area (Å²) in [5.41, 5.74) is 1.27. The number of rotatable bonds is 5. The van der Waals surface area contributed by atoms with Gasteiger partial charge in [0.2, 0.25) is 5.91 Å². The second kappa shape index (κ2) is 9.22. The summed E-state index contributed by atoms with van der Waals surface area (Å²) in [5, 5.41) is 3.36. The molecule has 1 N–H and O–H groups in total. The lowest BCUT2D eigenvalue weighted by molar-refractivity contribution is -0.143. The number of nitrogens with zero attached hydrogens (tertiary/aromatic N) is 1. The van der Waals surface area contributed by atoms with E-state index in [-0.39, 0.29) is 30.4 Å². The third kappa shape index (κ3) is 5.12. The van der Waals surface area contributed by atoms with Gasteiger partial charge in [0.05, 0.1) is 35.3 Å². The van der Waals surface area contributed by atoms with Crippen LogP contribution >= 0.6 is 11.6 Å². The molecule has 2 amide bonds. The number of ether oxygens (including phenoxy) is 1. The molecule has 0 aliphatic carbocycles. The number of nitrogens with one attached hydrogen (secondary N) is 1. The third-order valence-corrected chi connectivity index (χ3v) is 5.11. The number of halogens is 1. The molecule has 3 atom stereocenters. The van der Waals surface area contributed by atoms with Gasteiger partial charge in [0.1, 0.15) is 0 Å². The molecule has 6 heteroatoms. The highest BCUT2D eigenvalue weighted by molar-refractivity contribution is 6.33. The van der Waals surface area contributed by atoms with Crippen molar-refractivity contribution in [3.05, 3.63) is 70.7 Å². The molecule has 1 saturated heterocycles. The summed E-state index contributed by atoms with van der Waals surface area (Å²) in [6.07, 6.45) is 0.181. The topological polar surface area (TPSA) is 58.6 Å². The van der Waals surface area contributed by atoms with Crippen LogP contribution in [0.15, 0.2) is 54.6 Å². The Morgan fingerprint density at radius 3 is 2.32 bits per heavy atom. The smallest absolute Gasteiger partial charge is 0.253 e. The maximum Gasteiger partial charge on any atom is 0.253 e. The van der Waals surface area contributed by atoms with E-state index in [1.807, 2.05) is 49.1 Å². The van der Waals surface area contributed by atoms with E-state index in [0.29, 0.717) is 23.7 Å². The second-order valence-electron chi connectivity index (χ2n) is 7.18. The van der Waals surface area contributed by atoms with E-state index in [0.717, 1.165) is 5.56 Å². The van der Waals surface area contributed by atoms with Crippen molar-refractivity contribution in [1.29, 1.82) is 0 Å². The minimum Gasteiger partial charge on any atom is -0.372 e. The number of benzene rings is 2. The fourth-order valence-electron chi connectivity index (χ4n) is 3.50. The first-order chi connectivity index (χ1) is 13.4. The van der Waals surface area contributed by atoms with Crippen molar-refractivity contribution in [2.75, 3.05) is 13.1 Å². The van der Waals surface area contributed by atoms with Crippen LogP contribution in [0.3, 0.4) is 0 Å². The van der Waals surface area contributed by atoms with Crippen LogP contribution in [0, 0.1) is 0 Å². The van der Waals surface area contributed by atoms with Gasteiger partial charge in [0.25, 0.3) is 5.91 Å². The zero-order chi connectivity index (χ0) is 20.1. The van der Waals surface area contributed by atoms with Crippen LogP contribution in [0.2, 0.25) is 5.02 Å². The molecule has 28 heavy (non-hydrogen) atoms. The molecule has 0 saturated carbocycles. The standard InChI is InChI=1S/C22H25ClN2O3/c1-15-13-25(14-16(2)28-15)21(26)12-20(17-8-4-3-5-9-17)24-22(27)18-10-6-7-11-19(18)23/h3-11,15-16,20H,12-14H2,1-2H3,(H,24,27)/t15-,16-,20-/m0/s1. The molecule has 148 valence electrons. The number of carbonyl (C=O) groups is 2. The zero-order valence-corrected chi connectivity index (χ0v) is 16.9. The number of carbonyl (C=O) groups excluding carboxylic acids is 2. The summed E-state index contributed by atoms with van der Waals surface area (Å²) in [6.45, 7) is 5.04. The average molecular weight is 401 g/mol. The van der Waals surface area contributed by atoms with Crippen molar-refractivity contribution in [1.82, 2.24) is 10.2 Å². The molecule has 5 nitrogen and oxygen atoms in total. The van der Waals surface area contributed by atoms with Gasteiger partial charge in [-0.3, -0.25) is 9.59 Å². The van der Waals surface area contributed by atoms with Gasteiger partial charge in [0, 0.05) is 13.1 Å². The fourth-order valence-corrected chi connectivity index (χ4v) is 3.73. The number of hydrogen-bond acceptors (Lipinski definition) is 3. The van der Waals surface area contributed by atoms with Crippen molar-refractivity contribution < 1.29 is 14.3 Å². The minimum atomic E-state index is -0.439. The largest absolute Gasteiger partial charge is 0.372 e. The van der Waals surface area contributed by atoms with Crippen LogP contribution in [-0.2, 0) is 9.53 Å². The molecule has 1 heterocycles. The van der Waals surface area contributed by atoms with E-state index in [1.165, 1.54) is 0 Å². The lowest BCUT2D eigenvalue weighted by atomic mass is 10.0. The number of morpholine rings is 1. The SMILES string of the molecule is C[C@H]1CN(C(=O)C[C@H](NC(=O)c2ccccc2Cl)c2ccccc2)C[C@H](C)O1. The molecule has 3 rings (SSSR count). The number of amides is 2. The van der Waals surface area contributed by atoms with Crippen molar-refractivity contribution in [2.45, 2.75) is 38.5 Å². The van der Waals surface area contributed by atoms with Crippen molar-refractivity contribution in [3.8, 4) is 0 Å². The molecule has 1 fully saturated rings. The summed E-state index contributed by atoms with van der Waals surface area (Å²) in [4.78, 5) is 27.5. The first kappa shape index (κ1) is 20.4. The Kier molecular flexibility index (Phi) is 6.70. The maximum atomic E-state index is 13.0. The highest BCUT2D eigenvalue weighted by Crippen LogP contribution is 2.22. The maximum absolute atomic E-state index is 13.0. The van der Waals surface area contributed by atoms with Gasteiger partial charge in [-0.2, -0.15) is 0 Å². The summed E-state index contributed by atoms with van der Waals surface area (Å²) in [6, 6.07) is 16.0. The zero-order valence-electron chi connectivity index (χ0n) is 16.1. The predicted octanol–water partition coefficient (Wildman–Crippen LogP) is 3.84. The minimum absolute atomic E-state index is 0.000548. The van der Waals surface area contributed by atoms with Crippen LogP contribution in [0.4, 0.5) is 0 Å². The summed E-state index contributed by atoms with van der Waals surface area (Å²) >= 11 is 6.16. The Bertz CT molecular complexity index is 818. The van der Waals surface area contributed by atoms with Crippen LogP contribution in [0.25, 0.3) is 0 Å². The first-order valence-electron chi connectivity index (χ1n) is 9.47. The van der Waals surface area contributed by atoms with E-state index in [9.17, 15) is 9.59 Å². The molecule has 0 aromatic heterocycles. The highest BCUT2D eigenvalue weighted by Gasteiger charge is 2.28. The van der Waals surface area contributed by atoms with Gasteiger partial charge in [-0.15, -0.1) is 0 Å². The quantitative estimate of drug-likeness (QED) is 0.829. The van der Waals surface area contributed by atoms with E-state index < -0.39 is 6.04 Å². The Morgan fingerprint density at radius 1 is 1.07 bits per heavy atom. The fraction of sp³-hybridized carbons (Fsp3) is 0.364.